The van der Waals surface area contributed by atoms with E-state index in [0.29, 0.717) is 26.3 Å². The quantitative estimate of drug-likeness (QED) is 0.732. The van der Waals surface area contributed by atoms with Crippen molar-refractivity contribution < 1.29 is 9.53 Å². The SMILES string of the molecule is CCOCc1ccc(CNC(=O)NCc2ccnc(N3CCCCC3)c2)cc1. The molecule has 150 valence electrons. The molecule has 2 heterocycles. The Bertz CT molecular complexity index is 742. The van der Waals surface area contributed by atoms with E-state index >= 15 is 0 Å². The minimum atomic E-state index is -0.172. The maximum absolute atomic E-state index is 12.1. The number of urea groups is 1. The van der Waals surface area contributed by atoms with Crippen LogP contribution in [0.5, 0.6) is 0 Å². The van der Waals surface area contributed by atoms with Crippen molar-refractivity contribution in [1.82, 2.24) is 15.6 Å². The zero-order valence-corrected chi connectivity index (χ0v) is 16.6. The van der Waals surface area contributed by atoms with Crippen LogP contribution < -0.4 is 15.5 Å². The molecule has 6 heteroatoms. The van der Waals surface area contributed by atoms with Crippen LogP contribution in [-0.4, -0.2) is 30.7 Å². The summed E-state index contributed by atoms with van der Waals surface area (Å²) < 4.78 is 5.39. The van der Waals surface area contributed by atoms with Gasteiger partial charge in [0.05, 0.1) is 6.61 Å². The molecule has 2 aromatic rings. The first-order valence-corrected chi connectivity index (χ1v) is 10.1. The van der Waals surface area contributed by atoms with E-state index in [1.54, 1.807) is 0 Å². The highest BCUT2D eigenvalue weighted by Crippen LogP contribution is 2.18. The molecule has 1 aliphatic heterocycles. The normalized spacial score (nSPS) is 14.0. The minimum absolute atomic E-state index is 0.172. The average molecular weight is 383 g/mol. The van der Waals surface area contributed by atoms with E-state index in [9.17, 15) is 4.79 Å². The van der Waals surface area contributed by atoms with E-state index in [-0.39, 0.29) is 6.03 Å². The topological polar surface area (TPSA) is 66.5 Å². The molecule has 1 aromatic carbocycles. The number of hydrogen-bond donors (Lipinski definition) is 2. The minimum Gasteiger partial charge on any atom is -0.377 e. The molecule has 1 saturated heterocycles. The monoisotopic (exact) mass is 382 g/mol. The summed E-state index contributed by atoms with van der Waals surface area (Å²) in [5.41, 5.74) is 3.26. The lowest BCUT2D eigenvalue weighted by Crippen LogP contribution is -2.34. The Kier molecular flexibility index (Phi) is 7.67. The Morgan fingerprint density at radius 3 is 2.39 bits per heavy atom. The number of nitrogens with zero attached hydrogens (tertiary/aromatic N) is 2. The molecule has 0 unspecified atom stereocenters. The van der Waals surface area contributed by atoms with Gasteiger partial charge < -0.3 is 20.3 Å². The second-order valence-electron chi connectivity index (χ2n) is 7.06. The van der Waals surface area contributed by atoms with Gasteiger partial charge in [-0.25, -0.2) is 9.78 Å². The summed E-state index contributed by atoms with van der Waals surface area (Å²) in [5, 5.41) is 5.82. The highest BCUT2D eigenvalue weighted by Gasteiger charge is 2.12. The van der Waals surface area contributed by atoms with Gasteiger partial charge in [-0.1, -0.05) is 24.3 Å². The third kappa shape index (κ3) is 6.23. The molecular weight excluding hydrogens is 352 g/mol. The van der Waals surface area contributed by atoms with E-state index in [1.165, 1.54) is 19.3 Å². The third-order valence-corrected chi connectivity index (χ3v) is 4.89. The summed E-state index contributed by atoms with van der Waals surface area (Å²) in [7, 11) is 0. The second-order valence-corrected chi connectivity index (χ2v) is 7.06. The van der Waals surface area contributed by atoms with Crippen LogP contribution >= 0.6 is 0 Å². The van der Waals surface area contributed by atoms with E-state index in [2.05, 4.69) is 26.6 Å². The first kappa shape index (κ1) is 20.1. The Labute approximate surface area is 167 Å². The second kappa shape index (κ2) is 10.7. The van der Waals surface area contributed by atoms with Crippen molar-refractivity contribution in [3.8, 4) is 0 Å². The van der Waals surface area contributed by atoms with Crippen molar-refractivity contribution >= 4 is 11.8 Å². The molecule has 1 aromatic heterocycles. The standard InChI is InChI=1S/C22H30N4O2/c1-2-28-17-19-8-6-18(7-9-19)15-24-22(27)25-16-20-10-11-23-21(14-20)26-12-4-3-5-13-26/h6-11,14H,2-5,12-13,15-17H2,1H3,(H2,24,25,27). The zero-order chi connectivity index (χ0) is 19.6. The fraction of sp³-hybridized carbons (Fsp3) is 0.455. The molecule has 0 spiro atoms. The van der Waals surface area contributed by atoms with Crippen molar-refractivity contribution in [2.45, 2.75) is 45.9 Å². The number of benzene rings is 1. The molecule has 2 amide bonds. The van der Waals surface area contributed by atoms with Gasteiger partial charge >= 0.3 is 6.03 Å². The molecule has 0 aliphatic carbocycles. The number of carbonyl (C=O) groups excluding carboxylic acids is 1. The first-order chi connectivity index (χ1) is 13.7. The highest BCUT2D eigenvalue weighted by atomic mass is 16.5. The van der Waals surface area contributed by atoms with E-state index in [4.69, 9.17) is 4.74 Å². The number of hydrogen-bond acceptors (Lipinski definition) is 4. The lowest BCUT2D eigenvalue weighted by atomic mass is 10.1. The van der Waals surface area contributed by atoms with Gasteiger partial charge in [0.25, 0.3) is 0 Å². The summed E-state index contributed by atoms with van der Waals surface area (Å²) in [4.78, 5) is 18.9. The molecule has 3 rings (SSSR count). The van der Waals surface area contributed by atoms with Crippen molar-refractivity contribution in [2.75, 3.05) is 24.6 Å². The Morgan fingerprint density at radius 1 is 1.00 bits per heavy atom. The fourth-order valence-electron chi connectivity index (χ4n) is 3.27. The summed E-state index contributed by atoms with van der Waals surface area (Å²) in [6.45, 7) is 6.42. The Hall–Kier alpha value is -2.60. The maximum atomic E-state index is 12.1. The maximum Gasteiger partial charge on any atom is 0.315 e. The van der Waals surface area contributed by atoms with Crippen molar-refractivity contribution in [3.05, 3.63) is 59.3 Å². The van der Waals surface area contributed by atoms with Gasteiger partial charge in [0.15, 0.2) is 0 Å². The van der Waals surface area contributed by atoms with Crippen molar-refractivity contribution in [2.24, 2.45) is 0 Å². The van der Waals surface area contributed by atoms with Crippen LogP contribution in [-0.2, 0) is 24.4 Å². The molecule has 6 nitrogen and oxygen atoms in total. The van der Waals surface area contributed by atoms with Gasteiger partial charge in [0, 0.05) is 39.0 Å². The van der Waals surface area contributed by atoms with E-state index in [1.807, 2.05) is 43.5 Å². The number of aromatic nitrogens is 1. The average Bonchev–Trinajstić information content (AvgIpc) is 2.76. The molecule has 1 aliphatic rings. The van der Waals surface area contributed by atoms with Crippen LogP contribution in [0, 0.1) is 0 Å². The number of nitrogens with one attached hydrogen (secondary N) is 2. The summed E-state index contributed by atoms with van der Waals surface area (Å²) in [6, 6.07) is 11.9. The van der Waals surface area contributed by atoms with Crippen molar-refractivity contribution in [1.29, 1.82) is 0 Å². The van der Waals surface area contributed by atoms with Crippen LogP contribution in [0.3, 0.4) is 0 Å². The predicted octanol–water partition coefficient (Wildman–Crippen LogP) is 3.61. The van der Waals surface area contributed by atoms with Crippen molar-refractivity contribution in [3.63, 3.8) is 0 Å². The number of amides is 2. The number of rotatable bonds is 8. The summed E-state index contributed by atoms with van der Waals surface area (Å²) >= 11 is 0. The molecule has 0 bridgehead atoms. The van der Waals surface area contributed by atoms with Gasteiger partial charge in [-0.05, 0) is 55.0 Å². The van der Waals surface area contributed by atoms with E-state index in [0.717, 1.165) is 35.6 Å². The van der Waals surface area contributed by atoms with E-state index < -0.39 is 0 Å². The lowest BCUT2D eigenvalue weighted by molar-refractivity contribution is 0.134. The molecule has 0 radical (unpaired) electrons. The number of anilines is 1. The third-order valence-electron chi connectivity index (χ3n) is 4.89. The number of pyridine rings is 1. The molecular formula is C22H30N4O2. The lowest BCUT2D eigenvalue weighted by Gasteiger charge is -2.27. The first-order valence-electron chi connectivity index (χ1n) is 10.1. The number of ether oxygens (including phenoxy) is 1. The Morgan fingerprint density at radius 2 is 1.68 bits per heavy atom. The smallest absolute Gasteiger partial charge is 0.315 e. The molecule has 2 N–H and O–H groups in total. The van der Waals surface area contributed by atoms with Gasteiger partial charge in [-0.3, -0.25) is 0 Å². The Balaban J connectivity index is 1.43. The highest BCUT2D eigenvalue weighted by molar-refractivity contribution is 5.73. The van der Waals surface area contributed by atoms with Gasteiger partial charge in [-0.15, -0.1) is 0 Å². The fourth-order valence-corrected chi connectivity index (χ4v) is 3.27. The zero-order valence-electron chi connectivity index (χ0n) is 16.6. The van der Waals surface area contributed by atoms with Crippen LogP contribution in [0.1, 0.15) is 42.9 Å². The van der Waals surface area contributed by atoms with Gasteiger partial charge in [0.2, 0.25) is 0 Å². The summed E-state index contributed by atoms with van der Waals surface area (Å²) in [6.07, 6.45) is 5.56. The van der Waals surface area contributed by atoms with Gasteiger partial charge in [0.1, 0.15) is 5.82 Å². The molecule has 28 heavy (non-hydrogen) atoms. The van der Waals surface area contributed by atoms with Crippen LogP contribution in [0.2, 0.25) is 0 Å². The largest absolute Gasteiger partial charge is 0.377 e. The molecule has 1 fully saturated rings. The summed E-state index contributed by atoms with van der Waals surface area (Å²) in [5.74, 6) is 1.01. The van der Waals surface area contributed by atoms with Crippen LogP contribution in [0.15, 0.2) is 42.6 Å². The van der Waals surface area contributed by atoms with Crippen LogP contribution in [0.4, 0.5) is 10.6 Å². The molecule has 0 atom stereocenters. The van der Waals surface area contributed by atoms with Gasteiger partial charge in [-0.2, -0.15) is 0 Å². The molecule has 0 saturated carbocycles. The number of carbonyl (C=O) groups is 1. The van der Waals surface area contributed by atoms with Crippen LogP contribution in [0.25, 0.3) is 0 Å². The predicted molar refractivity (Wildman–Crippen MR) is 111 cm³/mol. The number of piperidine rings is 1.